The molecule has 1 unspecified atom stereocenters. The van der Waals surface area contributed by atoms with Crippen molar-refractivity contribution in [1.82, 2.24) is 0 Å². The maximum absolute atomic E-state index is 11.9. The average Bonchev–Trinajstić information content (AvgIpc) is 2.34. The second-order valence-corrected chi connectivity index (χ2v) is 3.54. The SMILES string of the molecule is C=CCCC(=O)C(OCC)c1ccccc1. The molecule has 0 amide bonds. The number of rotatable bonds is 7. The third-order valence-electron chi connectivity index (χ3n) is 2.32. The molecule has 86 valence electrons. The summed E-state index contributed by atoms with van der Waals surface area (Å²) < 4.78 is 5.50. The van der Waals surface area contributed by atoms with Crippen molar-refractivity contribution in [2.45, 2.75) is 25.9 Å². The van der Waals surface area contributed by atoms with Crippen molar-refractivity contribution in [3.05, 3.63) is 48.6 Å². The molecular weight excluding hydrogens is 200 g/mol. The highest BCUT2D eigenvalue weighted by Crippen LogP contribution is 2.20. The van der Waals surface area contributed by atoms with E-state index in [0.29, 0.717) is 19.4 Å². The van der Waals surface area contributed by atoms with Crippen molar-refractivity contribution in [3.8, 4) is 0 Å². The first-order chi connectivity index (χ1) is 7.79. The topological polar surface area (TPSA) is 26.3 Å². The number of hydrogen-bond donors (Lipinski definition) is 0. The van der Waals surface area contributed by atoms with E-state index < -0.39 is 6.10 Å². The van der Waals surface area contributed by atoms with Gasteiger partial charge >= 0.3 is 0 Å². The fourth-order valence-electron chi connectivity index (χ4n) is 1.54. The molecule has 0 aromatic heterocycles. The van der Waals surface area contributed by atoms with Crippen LogP contribution in [0.15, 0.2) is 43.0 Å². The zero-order valence-electron chi connectivity index (χ0n) is 9.69. The minimum absolute atomic E-state index is 0.118. The predicted molar refractivity (Wildman–Crippen MR) is 65.2 cm³/mol. The fourth-order valence-corrected chi connectivity index (χ4v) is 1.54. The van der Waals surface area contributed by atoms with Gasteiger partial charge in [-0.05, 0) is 18.9 Å². The Balaban J connectivity index is 2.74. The van der Waals surface area contributed by atoms with E-state index in [-0.39, 0.29) is 5.78 Å². The fraction of sp³-hybridized carbons (Fsp3) is 0.357. The Hall–Kier alpha value is -1.41. The standard InChI is InChI=1S/C14H18O2/c1-3-5-11-13(15)14(16-4-2)12-9-7-6-8-10-12/h3,6-10,14H,1,4-5,11H2,2H3. The van der Waals surface area contributed by atoms with Crippen molar-refractivity contribution in [2.24, 2.45) is 0 Å². The lowest BCUT2D eigenvalue weighted by Crippen LogP contribution is -2.15. The highest BCUT2D eigenvalue weighted by Gasteiger charge is 2.19. The van der Waals surface area contributed by atoms with Crippen LogP contribution in [0.3, 0.4) is 0 Å². The van der Waals surface area contributed by atoms with Gasteiger partial charge in [0.05, 0.1) is 0 Å². The van der Waals surface area contributed by atoms with E-state index in [9.17, 15) is 4.79 Å². The lowest BCUT2D eigenvalue weighted by Gasteiger charge is -2.15. The van der Waals surface area contributed by atoms with Crippen molar-refractivity contribution >= 4 is 5.78 Å². The largest absolute Gasteiger partial charge is 0.366 e. The molecule has 0 aliphatic carbocycles. The van der Waals surface area contributed by atoms with E-state index in [1.54, 1.807) is 6.08 Å². The minimum atomic E-state index is -0.425. The summed E-state index contributed by atoms with van der Waals surface area (Å²) in [5.74, 6) is 0.118. The molecule has 0 radical (unpaired) electrons. The van der Waals surface area contributed by atoms with Gasteiger partial charge in [0.25, 0.3) is 0 Å². The van der Waals surface area contributed by atoms with Crippen LogP contribution in [0.25, 0.3) is 0 Å². The average molecular weight is 218 g/mol. The molecule has 1 aromatic rings. The number of Topliss-reactive ketones (excluding diaryl/α,β-unsaturated/α-hetero) is 1. The molecule has 0 bridgehead atoms. The molecule has 0 saturated heterocycles. The Morgan fingerprint density at radius 2 is 2.12 bits per heavy atom. The molecule has 16 heavy (non-hydrogen) atoms. The third-order valence-corrected chi connectivity index (χ3v) is 2.32. The quantitative estimate of drug-likeness (QED) is 0.656. The van der Waals surface area contributed by atoms with Gasteiger partial charge in [-0.25, -0.2) is 0 Å². The van der Waals surface area contributed by atoms with Gasteiger partial charge in [-0.3, -0.25) is 4.79 Å². The van der Waals surface area contributed by atoms with Gasteiger partial charge in [0.1, 0.15) is 6.10 Å². The van der Waals surface area contributed by atoms with Gasteiger partial charge in [0.15, 0.2) is 5.78 Å². The summed E-state index contributed by atoms with van der Waals surface area (Å²) in [4.78, 5) is 11.9. The summed E-state index contributed by atoms with van der Waals surface area (Å²) in [6.07, 6.45) is 2.52. The molecule has 2 nitrogen and oxygen atoms in total. The van der Waals surface area contributed by atoms with E-state index in [4.69, 9.17) is 4.74 Å². The van der Waals surface area contributed by atoms with Gasteiger partial charge in [0, 0.05) is 13.0 Å². The molecule has 1 atom stereocenters. The Morgan fingerprint density at radius 1 is 1.44 bits per heavy atom. The highest BCUT2D eigenvalue weighted by atomic mass is 16.5. The number of ketones is 1. The predicted octanol–water partition coefficient (Wildman–Crippen LogP) is 3.30. The number of ether oxygens (including phenoxy) is 1. The summed E-state index contributed by atoms with van der Waals surface area (Å²) in [6.45, 7) is 6.06. The van der Waals surface area contributed by atoms with Gasteiger partial charge < -0.3 is 4.74 Å². The van der Waals surface area contributed by atoms with Crippen molar-refractivity contribution in [3.63, 3.8) is 0 Å². The van der Waals surface area contributed by atoms with E-state index in [2.05, 4.69) is 6.58 Å². The van der Waals surface area contributed by atoms with E-state index >= 15 is 0 Å². The summed E-state index contributed by atoms with van der Waals surface area (Å²) in [6, 6.07) is 9.61. The van der Waals surface area contributed by atoms with Crippen LogP contribution in [-0.2, 0) is 9.53 Å². The third kappa shape index (κ3) is 3.63. The van der Waals surface area contributed by atoms with E-state index in [1.807, 2.05) is 37.3 Å². The van der Waals surface area contributed by atoms with Gasteiger partial charge in [0.2, 0.25) is 0 Å². The highest BCUT2D eigenvalue weighted by molar-refractivity contribution is 5.84. The lowest BCUT2D eigenvalue weighted by molar-refractivity contribution is -0.130. The van der Waals surface area contributed by atoms with E-state index in [1.165, 1.54) is 0 Å². The van der Waals surface area contributed by atoms with Crippen molar-refractivity contribution in [1.29, 1.82) is 0 Å². The van der Waals surface area contributed by atoms with Crippen molar-refractivity contribution in [2.75, 3.05) is 6.61 Å². The van der Waals surface area contributed by atoms with Crippen LogP contribution >= 0.6 is 0 Å². The summed E-state index contributed by atoms with van der Waals surface area (Å²) in [7, 11) is 0. The smallest absolute Gasteiger partial charge is 0.166 e. The monoisotopic (exact) mass is 218 g/mol. The second-order valence-electron chi connectivity index (χ2n) is 3.54. The first-order valence-electron chi connectivity index (χ1n) is 5.59. The maximum Gasteiger partial charge on any atom is 0.166 e. The molecule has 0 aliphatic heterocycles. The van der Waals surface area contributed by atoms with Crippen LogP contribution < -0.4 is 0 Å². The first-order valence-corrected chi connectivity index (χ1v) is 5.59. The molecule has 2 heteroatoms. The molecule has 0 aliphatic rings. The molecule has 0 N–H and O–H groups in total. The van der Waals surface area contributed by atoms with Gasteiger partial charge in [-0.2, -0.15) is 0 Å². The van der Waals surface area contributed by atoms with Crippen LogP contribution in [0.4, 0.5) is 0 Å². The number of benzene rings is 1. The van der Waals surface area contributed by atoms with Crippen molar-refractivity contribution < 1.29 is 9.53 Å². The Bertz CT molecular complexity index is 330. The molecule has 0 spiro atoms. The number of hydrogen-bond acceptors (Lipinski definition) is 2. The van der Waals surface area contributed by atoms with Gasteiger partial charge in [-0.15, -0.1) is 6.58 Å². The minimum Gasteiger partial charge on any atom is -0.366 e. The Morgan fingerprint density at radius 3 is 2.69 bits per heavy atom. The van der Waals surface area contributed by atoms with Gasteiger partial charge in [-0.1, -0.05) is 36.4 Å². The second kappa shape index (κ2) is 6.96. The van der Waals surface area contributed by atoms with Crippen LogP contribution in [0.1, 0.15) is 31.4 Å². The molecule has 0 heterocycles. The van der Waals surface area contributed by atoms with Crippen LogP contribution in [0.2, 0.25) is 0 Å². The molecule has 0 fully saturated rings. The molecule has 0 saturated carbocycles. The number of allylic oxidation sites excluding steroid dienone is 1. The van der Waals surface area contributed by atoms with Crippen LogP contribution in [-0.4, -0.2) is 12.4 Å². The lowest BCUT2D eigenvalue weighted by atomic mass is 10.0. The normalized spacial score (nSPS) is 12.1. The maximum atomic E-state index is 11.9. The summed E-state index contributed by atoms with van der Waals surface area (Å²) >= 11 is 0. The van der Waals surface area contributed by atoms with Crippen LogP contribution in [0, 0.1) is 0 Å². The summed E-state index contributed by atoms with van der Waals surface area (Å²) in [5, 5.41) is 0. The Labute approximate surface area is 96.9 Å². The zero-order valence-corrected chi connectivity index (χ0v) is 9.69. The number of carbonyl (C=O) groups excluding carboxylic acids is 1. The number of carbonyl (C=O) groups is 1. The molecule has 1 rings (SSSR count). The first kappa shape index (κ1) is 12.7. The van der Waals surface area contributed by atoms with E-state index in [0.717, 1.165) is 5.56 Å². The molecule has 1 aromatic carbocycles. The van der Waals surface area contributed by atoms with Crippen LogP contribution in [0.5, 0.6) is 0 Å². The zero-order chi connectivity index (χ0) is 11.8. The molecular formula is C14H18O2. The Kier molecular flexibility index (Phi) is 5.51. The summed E-state index contributed by atoms with van der Waals surface area (Å²) in [5.41, 5.74) is 0.929.